The van der Waals surface area contributed by atoms with Crippen molar-refractivity contribution in [2.24, 2.45) is 11.7 Å². The number of rotatable bonds is 6. The maximum absolute atomic E-state index is 13.1. The molecule has 0 unspecified atom stereocenters. The van der Waals surface area contributed by atoms with E-state index in [9.17, 15) is 4.39 Å². The number of hydrogen-bond acceptors (Lipinski definition) is 3. The van der Waals surface area contributed by atoms with Crippen molar-refractivity contribution >= 4 is 0 Å². The van der Waals surface area contributed by atoms with Crippen molar-refractivity contribution < 1.29 is 13.9 Å². The van der Waals surface area contributed by atoms with E-state index in [0.717, 1.165) is 6.61 Å². The molecule has 0 heterocycles. The van der Waals surface area contributed by atoms with Gasteiger partial charge in [0.05, 0.1) is 6.61 Å². The van der Waals surface area contributed by atoms with Gasteiger partial charge >= 0.3 is 0 Å². The maximum Gasteiger partial charge on any atom is 0.189 e. The highest BCUT2D eigenvalue weighted by molar-refractivity contribution is 5.35. The van der Waals surface area contributed by atoms with Crippen molar-refractivity contribution in [1.82, 2.24) is 0 Å². The van der Waals surface area contributed by atoms with Gasteiger partial charge in [0.2, 0.25) is 0 Å². The zero-order valence-electron chi connectivity index (χ0n) is 9.99. The lowest BCUT2D eigenvalue weighted by atomic mass is 10.1. The van der Waals surface area contributed by atoms with Crippen molar-refractivity contribution in [3.63, 3.8) is 0 Å². The first kappa shape index (κ1) is 12.3. The summed E-state index contributed by atoms with van der Waals surface area (Å²) in [4.78, 5) is 0. The molecule has 94 valence electrons. The zero-order valence-corrected chi connectivity index (χ0v) is 9.99. The van der Waals surface area contributed by atoms with E-state index in [1.807, 2.05) is 0 Å². The van der Waals surface area contributed by atoms with Gasteiger partial charge in [-0.25, -0.2) is 4.39 Å². The van der Waals surface area contributed by atoms with Crippen LogP contribution in [0.25, 0.3) is 0 Å². The number of hydrogen-bond donors (Lipinski definition) is 1. The van der Waals surface area contributed by atoms with E-state index in [4.69, 9.17) is 15.2 Å². The molecule has 0 amide bonds. The maximum atomic E-state index is 13.1. The molecule has 1 aromatic rings. The standard InChI is InChI=1S/C13H18FNO2/c1-9(15)12-6-11(14)4-5-13(12)17-8-16-7-10-2-3-10/h4-6,9-10H,2-3,7-8,15H2,1H3/t9-/m0/s1. The zero-order chi connectivity index (χ0) is 12.3. The van der Waals surface area contributed by atoms with Gasteiger partial charge in [-0.3, -0.25) is 0 Å². The smallest absolute Gasteiger partial charge is 0.189 e. The molecule has 1 fully saturated rings. The van der Waals surface area contributed by atoms with Crippen LogP contribution in [0, 0.1) is 11.7 Å². The largest absolute Gasteiger partial charge is 0.467 e. The Morgan fingerprint density at radius 2 is 2.24 bits per heavy atom. The lowest BCUT2D eigenvalue weighted by Crippen LogP contribution is -2.11. The number of ether oxygens (including phenoxy) is 2. The highest BCUT2D eigenvalue weighted by atomic mass is 19.1. The highest BCUT2D eigenvalue weighted by Gasteiger charge is 2.21. The van der Waals surface area contributed by atoms with E-state index in [2.05, 4.69) is 0 Å². The molecular formula is C13H18FNO2. The van der Waals surface area contributed by atoms with Crippen molar-refractivity contribution in [1.29, 1.82) is 0 Å². The lowest BCUT2D eigenvalue weighted by Gasteiger charge is -2.14. The Kier molecular flexibility index (Phi) is 3.97. The third-order valence-electron chi connectivity index (χ3n) is 2.81. The van der Waals surface area contributed by atoms with Crippen LogP contribution in [0.1, 0.15) is 31.4 Å². The van der Waals surface area contributed by atoms with Gasteiger partial charge in [0.15, 0.2) is 6.79 Å². The minimum absolute atomic E-state index is 0.196. The molecule has 0 radical (unpaired) electrons. The van der Waals surface area contributed by atoms with Crippen molar-refractivity contribution in [2.45, 2.75) is 25.8 Å². The second kappa shape index (κ2) is 5.47. The average molecular weight is 239 g/mol. The minimum atomic E-state index is -0.302. The van der Waals surface area contributed by atoms with E-state index in [0.29, 0.717) is 17.2 Å². The number of benzene rings is 1. The Balaban J connectivity index is 1.89. The molecular weight excluding hydrogens is 221 g/mol. The molecule has 1 aliphatic carbocycles. The van der Waals surface area contributed by atoms with Crippen LogP contribution in [-0.2, 0) is 4.74 Å². The molecule has 2 N–H and O–H groups in total. The normalized spacial score (nSPS) is 16.9. The predicted molar refractivity (Wildman–Crippen MR) is 63.2 cm³/mol. The molecule has 0 bridgehead atoms. The number of halogens is 1. The second-order valence-corrected chi connectivity index (χ2v) is 4.55. The van der Waals surface area contributed by atoms with Crippen molar-refractivity contribution in [3.05, 3.63) is 29.6 Å². The van der Waals surface area contributed by atoms with E-state index in [1.165, 1.54) is 25.0 Å². The number of nitrogens with two attached hydrogens (primary N) is 1. The summed E-state index contributed by atoms with van der Waals surface area (Å²) < 4.78 is 23.9. The lowest BCUT2D eigenvalue weighted by molar-refractivity contribution is 0.00929. The SMILES string of the molecule is C[C@H](N)c1cc(F)ccc1OCOCC1CC1. The Labute approximate surface area is 101 Å². The van der Waals surface area contributed by atoms with E-state index in [1.54, 1.807) is 13.0 Å². The first-order chi connectivity index (χ1) is 8.16. The summed E-state index contributed by atoms with van der Waals surface area (Å²) in [5.41, 5.74) is 6.43. The summed E-state index contributed by atoms with van der Waals surface area (Å²) >= 11 is 0. The Hall–Kier alpha value is -1.13. The van der Waals surface area contributed by atoms with Gasteiger partial charge in [-0.15, -0.1) is 0 Å². The van der Waals surface area contributed by atoms with Crippen LogP contribution in [0.5, 0.6) is 5.75 Å². The van der Waals surface area contributed by atoms with Gasteiger partial charge in [-0.1, -0.05) is 0 Å². The third-order valence-corrected chi connectivity index (χ3v) is 2.81. The van der Waals surface area contributed by atoms with Gasteiger partial charge in [-0.2, -0.15) is 0 Å². The van der Waals surface area contributed by atoms with E-state index < -0.39 is 0 Å². The molecule has 3 nitrogen and oxygen atoms in total. The molecule has 0 aromatic heterocycles. The molecule has 1 aromatic carbocycles. The molecule has 4 heteroatoms. The quantitative estimate of drug-likeness (QED) is 0.613. The monoisotopic (exact) mass is 239 g/mol. The van der Waals surface area contributed by atoms with Gasteiger partial charge in [-0.05, 0) is 43.9 Å². The van der Waals surface area contributed by atoms with E-state index in [-0.39, 0.29) is 18.7 Å². The van der Waals surface area contributed by atoms with Crippen LogP contribution in [0.3, 0.4) is 0 Å². The minimum Gasteiger partial charge on any atom is -0.467 e. The van der Waals surface area contributed by atoms with Crippen LogP contribution >= 0.6 is 0 Å². The van der Waals surface area contributed by atoms with Crippen LogP contribution < -0.4 is 10.5 Å². The van der Waals surface area contributed by atoms with Gasteiger partial charge in [0.1, 0.15) is 11.6 Å². The Bertz CT molecular complexity index is 378. The summed E-state index contributed by atoms with van der Waals surface area (Å²) in [5.74, 6) is 1.00. The fraction of sp³-hybridized carbons (Fsp3) is 0.538. The third kappa shape index (κ3) is 3.68. The topological polar surface area (TPSA) is 44.5 Å². The summed E-state index contributed by atoms with van der Waals surface area (Å²) in [7, 11) is 0. The van der Waals surface area contributed by atoms with Crippen LogP contribution in [-0.4, -0.2) is 13.4 Å². The molecule has 2 rings (SSSR count). The first-order valence-corrected chi connectivity index (χ1v) is 5.92. The predicted octanol–water partition coefficient (Wildman–Crippen LogP) is 2.61. The summed E-state index contributed by atoms with van der Waals surface area (Å²) in [5, 5.41) is 0. The molecule has 0 saturated heterocycles. The summed E-state index contributed by atoms with van der Waals surface area (Å²) in [6, 6.07) is 4.10. The van der Waals surface area contributed by atoms with Crippen LogP contribution in [0.15, 0.2) is 18.2 Å². The van der Waals surface area contributed by atoms with Crippen LogP contribution in [0.4, 0.5) is 4.39 Å². The first-order valence-electron chi connectivity index (χ1n) is 5.92. The molecule has 1 atom stereocenters. The second-order valence-electron chi connectivity index (χ2n) is 4.55. The van der Waals surface area contributed by atoms with Gasteiger partial charge in [0, 0.05) is 11.6 Å². The average Bonchev–Trinajstić information content (AvgIpc) is 3.09. The van der Waals surface area contributed by atoms with Gasteiger partial charge < -0.3 is 15.2 Å². The molecule has 0 aliphatic heterocycles. The Morgan fingerprint density at radius 1 is 1.47 bits per heavy atom. The summed E-state index contributed by atoms with van der Waals surface area (Å²) in [6.07, 6.45) is 2.50. The molecule has 0 spiro atoms. The van der Waals surface area contributed by atoms with E-state index >= 15 is 0 Å². The fourth-order valence-corrected chi connectivity index (χ4v) is 1.61. The molecule has 17 heavy (non-hydrogen) atoms. The Morgan fingerprint density at radius 3 is 2.88 bits per heavy atom. The fourth-order valence-electron chi connectivity index (χ4n) is 1.61. The highest BCUT2D eigenvalue weighted by Crippen LogP contribution is 2.29. The van der Waals surface area contributed by atoms with Crippen LogP contribution in [0.2, 0.25) is 0 Å². The van der Waals surface area contributed by atoms with Gasteiger partial charge in [0.25, 0.3) is 0 Å². The van der Waals surface area contributed by atoms with Crippen molar-refractivity contribution in [3.8, 4) is 5.75 Å². The summed E-state index contributed by atoms with van der Waals surface area (Å²) in [6.45, 7) is 2.74. The molecule has 1 saturated carbocycles. The van der Waals surface area contributed by atoms with Crippen molar-refractivity contribution in [2.75, 3.05) is 13.4 Å². The molecule has 1 aliphatic rings.